The molecule has 14 heavy (non-hydrogen) atoms. The fourth-order valence-corrected chi connectivity index (χ4v) is 1.30. The molecular formula is C6H3BrF2N2O3. The number of aromatic nitrogens is 1. The molecule has 0 aliphatic rings. The van der Waals surface area contributed by atoms with Crippen molar-refractivity contribution in [1.29, 1.82) is 0 Å². The summed E-state index contributed by atoms with van der Waals surface area (Å²) in [5.74, 6) is -0.639. The van der Waals surface area contributed by atoms with Crippen LogP contribution in [0.3, 0.4) is 0 Å². The van der Waals surface area contributed by atoms with Crippen LogP contribution < -0.4 is 5.56 Å². The highest BCUT2D eigenvalue weighted by Gasteiger charge is 2.20. The summed E-state index contributed by atoms with van der Waals surface area (Å²) in [4.78, 5) is 22.0. The Kier molecular flexibility index (Phi) is 2.94. The molecule has 0 unspecified atom stereocenters. The average molecular weight is 269 g/mol. The van der Waals surface area contributed by atoms with E-state index in [0.29, 0.717) is 0 Å². The SMILES string of the molecule is O=c1[nH]c([N+](=O)[O-])c(Br)cc1C(F)F. The molecule has 1 heterocycles. The van der Waals surface area contributed by atoms with E-state index >= 15 is 0 Å². The Bertz CT molecular complexity index is 432. The van der Waals surface area contributed by atoms with Crippen molar-refractivity contribution in [3.05, 3.63) is 36.6 Å². The van der Waals surface area contributed by atoms with Crippen molar-refractivity contribution in [3.8, 4) is 0 Å². The molecule has 0 aliphatic heterocycles. The van der Waals surface area contributed by atoms with E-state index in [2.05, 4.69) is 15.9 Å². The Morgan fingerprint density at radius 2 is 2.14 bits per heavy atom. The second-order valence-electron chi connectivity index (χ2n) is 2.31. The highest BCUT2D eigenvalue weighted by molar-refractivity contribution is 9.10. The van der Waals surface area contributed by atoms with E-state index in [1.807, 2.05) is 0 Å². The number of halogens is 3. The highest BCUT2D eigenvalue weighted by Crippen LogP contribution is 2.24. The standard InChI is InChI=1S/C6H3BrF2N2O3/c7-3-1-2(4(8)9)6(12)10-5(3)11(13)14/h1,4H,(H,10,12). The Hall–Kier alpha value is -1.31. The van der Waals surface area contributed by atoms with Crippen LogP contribution in [0.15, 0.2) is 15.3 Å². The number of nitro groups is 1. The van der Waals surface area contributed by atoms with Crippen LogP contribution in [0, 0.1) is 10.1 Å². The van der Waals surface area contributed by atoms with Crippen LogP contribution in [0.2, 0.25) is 0 Å². The van der Waals surface area contributed by atoms with Gasteiger partial charge in [0, 0.05) is 0 Å². The molecule has 0 radical (unpaired) electrons. The van der Waals surface area contributed by atoms with Crippen LogP contribution in [0.4, 0.5) is 14.6 Å². The van der Waals surface area contributed by atoms with E-state index in [4.69, 9.17) is 0 Å². The zero-order chi connectivity index (χ0) is 10.9. The third kappa shape index (κ3) is 1.95. The van der Waals surface area contributed by atoms with E-state index in [1.54, 1.807) is 4.98 Å². The predicted molar refractivity (Wildman–Crippen MR) is 46.4 cm³/mol. The largest absolute Gasteiger partial charge is 0.358 e. The van der Waals surface area contributed by atoms with Gasteiger partial charge in [-0.3, -0.25) is 0 Å². The van der Waals surface area contributed by atoms with E-state index in [0.717, 1.165) is 6.07 Å². The number of aromatic amines is 1. The fourth-order valence-electron chi connectivity index (χ4n) is 0.805. The van der Waals surface area contributed by atoms with Gasteiger partial charge in [0.15, 0.2) is 0 Å². The van der Waals surface area contributed by atoms with E-state index in [1.165, 1.54) is 0 Å². The average Bonchev–Trinajstić information content (AvgIpc) is 2.07. The molecule has 0 fully saturated rings. The van der Waals surface area contributed by atoms with Gasteiger partial charge in [0.25, 0.3) is 6.43 Å². The summed E-state index contributed by atoms with van der Waals surface area (Å²) in [5, 5.41) is 10.3. The highest BCUT2D eigenvalue weighted by atomic mass is 79.9. The first-order valence-electron chi connectivity index (χ1n) is 3.28. The van der Waals surface area contributed by atoms with Gasteiger partial charge in [-0.1, -0.05) is 0 Å². The predicted octanol–water partition coefficient (Wildman–Crippen LogP) is 1.98. The molecule has 1 aromatic rings. The minimum absolute atomic E-state index is 0.183. The number of hydrogen-bond donors (Lipinski definition) is 1. The molecule has 0 saturated carbocycles. The molecule has 1 N–H and O–H groups in total. The van der Waals surface area contributed by atoms with Gasteiger partial charge < -0.3 is 10.1 Å². The fraction of sp³-hybridized carbons (Fsp3) is 0.167. The number of rotatable bonds is 2. The van der Waals surface area contributed by atoms with E-state index in [9.17, 15) is 23.7 Å². The number of nitrogens with zero attached hydrogens (tertiary/aromatic N) is 1. The first-order chi connectivity index (χ1) is 6.43. The molecule has 1 aromatic heterocycles. The molecule has 5 nitrogen and oxygen atoms in total. The lowest BCUT2D eigenvalue weighted by Crippen LogP contribution is -2.14. The Morgan fingerprint density at radius 1 is 1.57 bits per heavy atom. The lowest BCUT2D eigenvalue weighted by atomic mass is 10.3. The lowest BCUT2D eigenvalue weighted by Gasteiger charge is -1.99. The van der Waals surface area contributed by atoms with Gasteiger partial charge in [-0.25, -0.2) is 18.6 Å². The molecule has 0 spiro atoms. The second kappa shape index (κ2) is 3.82. The van der Waals surface area contributed by atoms with Crippen LogP contribution in [0.1, 0.15) is 12.0 Å². The Balaban J connectivity index is 3.39. The molecule has 0 aromatic carbocycles. The van der Waals surface area contributed by atoms with Crippen molar-refractivity contribution in [1.82, 2.24) is 4.98 Å². The quantitative estimate of drug-likeness (QED) is 0.658. The third-order valence-corrected chi connectivity index (χ3v) is 2.02. The molecule has 8 heteroatoms. The van der Waals surface area contributed by atoms with Crippen LogP contribution in [-0.4, -0.2) is 9.91 Å². The summed E-state index contributed by atoms with van der Waals surface area (Å²) in [6.07, 6.45) is -2.96. The zero-order valence-corrected chi connectivity index (χ0v) is 8.05. The van der Waals surface area contributed by atoms with Gasteiger partial charge in [-0.2, -0.15) is 0 Å². The van der Waals surface area contributed by atoms with Gasteiger partial charge in [-0.15, -0.1) is 0 Å². The molecule has 0 atom stereocenters. The van der Waals surface area contributed by atoms with Gasteiger partial charge in [-0.05, 0) is 26.9 Å². The van der Waals surface area contributed by atoms with Gasteiger partial charge in [0.05, 0.1) is 0 Å². The smallest absolute Gasteiger partial charge is 0.340 e. The number of hydrogen-bond acceptors (Lipinski definition) is 3. The summed E-state index contributed by atoms with van der Waals surface area (Å²) in [5.41, 5.74) is -1.96. The van der Waals surface area contributed by atoms with Crippen LogP contribution in [0.5, 0.6) is 0 Å². The molecule has 1 rings (SSSR count). The number of alkyl halides is 2. The van der Waals surface area contributed by atoms with Gasteiger partial charge in [0.2, 0.25) is 0 Å². The molecular weight excluding hydrogens is 266 g/mol. The minimum atomic E-state index is -2.96. The zero-order valence-electron chi connectivity index (χ0n) is 6.46. The molecule has 0 saturated heterocycles. The summed E-state index contributed by atoms with van der Waals surface area (Å²) in [6.45, 7) is 0. The molecule has 76 valence electrons. The lowest BCUT2D eigenvalue weighted by molar-refractivity contribution is -0.390. The van der Waals surface area contributed by atoms with Gasteiger partial charge in [0.1, 0.15) is 10.0 Å². The molecule has 0 aliphatic carbocycles. The van der Waals surface area contributed by atoms with Crippen LogP contribution >= 0.6 is 15.9 Å². The number of nitrogens with one attached hydrogen (secondary N) is 1. The normalized spacial score (nSPS) is 10.6. The second-order valence-corrected chi connectivity index (χ2v) is 3.16. The van der Waals surface area contributed by atoms with E-state index in [-0.39, 0.29) is 4.47 Å². The van der Waals surface area contributed by atoms with Crippen LogP contribution in [-0.2, 0) is 0 Å². The Morgan fingerprint density at radius 3 is 2.57 bits per heavy atom. The third-order valence-electron chi connectivity index (χ3n) is 1.42. The van der Waals surface area contributed by atoms with E-state index < -0.39 is 28.3 Å². The maximum atomic E-state index is 12.1. The van der Waals surface area contributed by atoms with Crippen molar-refractivity contribution in [2.75, 3.05) is 0 Å². The van der Waals surface area contributed by atoms with Crippen molar-refractivity contribution >= 4 is 21.7 Å². The van der Waals surface area contributed by atoms with Crippen molar-refractivity contribution in [3.63, 3.8) is 0 Å². The number of pyridine rings is 1. The van der Waals surface area contributed by atoms with Crippen molar-refractivity contribution < 1.29 is 13.7 Å². The summed E-state index contributed by atoms with van der Waals surface area (Å²) in [6, 6.07) is 0.738. The maximum Gasteiger partial charge on any atom is 0.340 e. The van der Waals surface area contributed by atoms with Gasteiger partial charge >= 0.3 is 11.4 Å². The minimum Gasteiger partial charge on any atom is -0.358 e. The Labute approximate surface area is 84.0 Å². The summed E-state index contributed by atoms with van der Waals surface area (Å²) < 4.78 is 24.1. The molecule has 0 bridgehead atoms. The van der Waals surface area contributed by atoms with Crippen LogP contribution in [0.25, 0.3) is 0 Å². The maximum absolute atomic E-state index is 12.1. The van der Waals surface area contributed by atoms with Crippen molar-refractivity contribution in [2.45, 2.75) is 6.43 Å². The number of H-pyrrole nitrogens is 1. The topological polar surface area (TPSA) is 76.0 Å². The van der Waals surface area contributed by atoms with Crippen molar-refractivity contribution in [2.24, 2.45) is 0 Å². The molecule has 0 amide bonds. The monoisotopic (exact) mass is 268 g/mol. The summed E-state index contributed by atoms with van der Waals surface area (Å²) >= 11 is 2.71. The first-order valence-corrected chi connectivity index (χ1v) is 4.08. The first kappa shape index (κ1) is 10.8. The summed E-state index contributed by atoms with van der Waals surface area (Å²) in [7, 11) is 0.